The zero-order valence-corrected chi connectivity index (χ0v) is 14.6. The van der Waals surface area contributed by atoms with Crippen LogP contribution < -0.4 is 5.32 Å². The van der Waals surface area contributed by atoms with E-state index in [9.17, 15) is 19.5 Å². The number of likely N-dealkylation sites (tertiary alicyclic amines) is 1. The van der Waals surface area contributed by atoms with Gasteiger partial charge in [0.1, 0.15) is 6.04 Å². The largest absolute Gasteiger partial charge is 0.480 e. The molecule has 1 saturated heterocycles. The number of aliphatic carboxylic acids is 1. The second-order valence-corrected chi connectivity index (χ2v) is 7.98. The van der Waals surface area contributed by atoms with E-state index in [0.717, 1.165) is 30.6 Å². The van der Waals surface area contributed by atoms with Gasteiger partial charge in [-0.05, 0) is 43.4 Å². The number of nitrogens with zero attached hydrogens (tertiary/aromatic N) is 1. The molecule has 2 amide bonds. The summed E-state index contributed by atoms with van der Waals surface area (Å²) in [7, 11) is 0. The number of rotatable bonds is 2. The van der Waals surface area contributed by atoms with Crippen LogP contribution in [0.15, 0.2) is 23.1 Å². The summed E-state index contributed by atoms with van der Waals surface area (Å²) in [6.07, 6.45) is 4.56. The Morgan fingerprint density at radius 3 is 2.84 bits per heavy atom. The molecule has 25 heavy (non-hydrogen) atoms. The van der Waals surface area contributed by atoms with Crippen molar-refractivity contribution < 1.29 is 19.5 Å². The van der Waals surface area contributed by atoms with E-state index in [-0.39, 0.29) is 23.8 Å². The number of carbonyl (C=O) groups excluding carboxylic acids is 2. The zero-order chi connectivity index (χ0) is 17.6. The first kappa shape index (κ1) is 16.4. The molecule has 7 heteroatoms. The highest BCUT2D eigenvalue weighted by Crippen LogP contribution is 2.41. The molecule has 4 rings (SSSR count). The molecule has 0 unspecified atom stereocenters. The van der Waals surface area contributed by atoms with Gasteiger partial charge < -0.3 is 15.3 Å². The van der Waals surface area contributed by atoms with Gasteiger partial charge in [-0.15, -0.1) is 11.8 Å². The van der Waals surface area contributed by atoms with Crippen LogP contribution in [0.3, 0.4) is 0 Å². The number of benzene rings is 1. The van der Waals surface area contributed by atoms with Crippen molar-refractivity contribution in [1.29, 1.82) is 0 Å². The van der Waals surface area contributed by atoms with Crippen molar-refractivity contribution in [2.24, 2.45) is 5.92 Å². The zero-order valence-electron chi connectivity index (χ0n) is 13.7. The van der Waals surface area contributed by atoms with Crippen molar-refractivity contribution in [1.82, 2.24) is 4.90 Å². The Hall–Kier alpha value is -2.02. The van der Waals surface area contributed by atoms with E-state index in [4.69, 9.17) is 0 Å². The Morgan fingerprint density at radius 2 is 2.04 bits per heavy atom. The Kier molecular flexibility index (Phi) is 4.19. The Morgan fingerprint density at radius 1 is 1.24 bits per heavy atom. The van der Waals surface area contributed by atoms with Crippen molar-refractivity contribution in [2.45, 2.75) is 49.1 Å². The van der Waals surface area contributed by atoms with Crippen molar-refractivity contribution in [3.8, 4) is 0 Å². The van der Waals surface area contributed by atoms with Crippen molar-refractivity contribution in [3.63, 3.8) is 0 Å². The average molecular weight is 360 g/mol. The fourth-order valence-electron chi connectivity index (χ4n) is 4.34. The number of carbonyl (C=O) groups is 3. The Balaban J connectivity index is 1.65. The molecular weight excluding hydrogens is 340 g/mol. The number of amides is 2. The summed E-state index contributed by atoms with van der Waals surface area (Å²) in [4.78, 5) is 38.9. The molecule has 1 aromatic rings. The molecule has 1 aliphatic carbocycles. The quantitative estimate of drug-likeness (QED) is 0.846. The van der Waals surface area contributed by atoms with E-state index < -0.39 is 12.0 Å². The Labute approximate surface area is 150 Å². The molecule has 3 atom stereocenters. The van der Waals surface area contributed by atoms with Crippen LogP contribution >= 0.6 is 11.8 Å². The molecule has 6 nitrogen and oxygen atoms in total. The second-order valence-electron chi connectivity index (χ2n) is 6.96. The number of carboxylic acid groups (broad SMARTS) is 1. The van der Waals surface area contributed by atoms with Crippen LogP contribution in [0.1, 0.15) is 42.5 Å². The van der Waals surface area contributed by atoms with Crippen molar-refractivity contribution >= 4 is 35.2 Å². The van der Waals surface area contributed by atoms with E-state index >= 15 is 0 Å². The highest BCUT2D eigenvalue weighted by molar-refractivity contribution is 8.00. The van der Waals surface area contributed by atoms with Crippen molar-refractivity contribution in [2.75, 3.05) is 11.1 Å². The molecule has 0 bridgehead atoms. The summed E-state index contributed by atoms with van der Waals surface area (Å²) in [5, 5.41) is 12.4. The monoisotopic (exact) mass is 360 g/mol. The molecule has 2 fully saturated rings. The summed E-state index contributed by atoms with van der Waals surface area (Å²) in [6, 6.07) is 4.51. The van der Waals surface area contributed by atoms with Gasteiger partial charge in [0.15, 0.2) is 0 Å². The normalized spacial score (nSPS) is 28.1. The summed E-state index contributed by atoms with van der Waals surface area (Å²) in [6.45, 7) is 0. The third-order valence-corrected chi connectivity index (χ3v) is 6.54. The lowest BCUT2D eigenvalue weighted by Gasteiger charge is -2.33. The third kappa shape index (κ3) is 2.90. The molecule has 1 aromatic carbocycles. The molecule has 0 aromatic heterocycles. The number of anilines is 1. The molecule has 132 valence electrons. The average Bonchev–Trinajstić information content (AvgIpc) is 3.00. The van der Waals surface area contributed by atoms with Crippen LogP contribution in [0, 0.1) is 5.92 Å². The lowest BCUT2D eigenvalue weighted by Crippen LogP contribution is -2.46. The summed E-state index contributed by atoms with van der Waals surface area (Å²) >= 11 is 1.44. The van der Waals surface area contributed by atoms with Gasteiger partial charge in [0, 0.05) is 16.5 Å². The predicted molar refractivity (Wildman–Crippen MR) is 93.8 cm³/mol. The number of carboxylic acids is 1. The third-order valence-electron chi connectivity index (χ3n) is 5.47. The maximum absolute atomic E-state index is 13.1. The standard InChI is InChI=1S/C18H20N2O4S/c21-16-9-25-15-6-5-11(7-12(15)19-16)17(22)20-13-4-2-1-3-10(13)8-14(20)18(23)24/h5-7,10,13-14H,1-4,8-9H2,(H,19,21)(H,23,24)/t10-,13+,14+/m1/s1. The van der Waals surface area contributed by atoms with Crippen LogP contribution in [0.25, 0.3) is 0 Å². The molecule has 3 aliphatic rings. The number of hydrogen-bond donors (Lipinski definition) is 2. The van der Waals surface area contributed by atoms with Gasteiger partial charge in [-0.1, -0.05) is 12.8 Å². The smallest absolute Gasteiger partial charge is 0.326 e. The van der Waals surface area contributed by atoms with Gasteiger partial charge in [0.25, 0.3) is 5.91 Å². The highest BCUT2D eigenvalue weighted by atomic mass is 32.2. The second kappa shape index (κ2) is 6.37. The van der Waals surface area contributed by atoms with E-state index in [1.165, 1.54) is 11.8 Å². The van der Waals surface area contributed by atoms with Gasteiger partial charge in [0.2, 0.25) is 5.91 Å². The first-order chi connectivity index (χ1) is 12.0. The van der Waals surface area contributed by atoms with Gasteiger partial charge in [-0.25, -0.2) is 4.79 Å². The molecule has 0 radical (unpaired) electrons. The number of hydrogen-bond acceptors (Lipinski definition) is 4. The highest BCUT2D eigenvalue weighted by Gasteiger charge is 2.47. The number of thioether (sulfide) groups is 1. The number of fused-ring (bicyclic) bond motifs is 2. The lowest BCUT2D eigenvalue weighted by molar-refractivity contribution is -0.141. The molecule has 0 spiro atoms. The van der Waals surface area contributed by atoms with Gasteiger partial charge in [0.05, 0.1) is 11.4 Å². The fraction of sp³-hybridized carbons (Fsp3) is 0.500. The molecular formula is C18H20N2O4S. The maximum atomic E-state index is 13.1. The van der Waals surface area contributed by atoms with E-state index in [0.29, 0.717) is 23.4 Å². The molecule has 2 heterocycles. The minimum Gasteiger partial charge on any atom is -0.480 e. The van der Waals surface area contributed by atoms with Crippen LogP contribution in [0.2, 0.25) is 0 Å². The first-order valence-corrected chi connectivity index (χ1v) is 9.65. The van der Waals surface area contributed by atoms with Gasteiger partial charge in [-0.2, -0.15) is 0 Å². The minimum absolute atomic E-state index is 0.0161. The number of nitrogens with one attached hydrogen (secondary N) is 1. The SMILES string of the molecule is O=C1CSc2ccc(C(=O)N3[C@H](C(=O)O)C[C@H]4CCCC[C@@H]43)cc2N1. The summed E-state index contributed by atoms with van der Waals surface area (Å²) in [5.74, 6) is -0.596. The minimum atomic E-state index is -0.926. The van der Waals surface area contributed by atoms with Gasteiger partial charge in [-0.3, -0.25) is 9.59 Å². The van der Waals surface area contributed by atoms with Crippen molar-refractivity contribution in [3.05, 3.63) is 23.8 Å². The lowest BCUT2D eigenvalue weighted by atomic mass is 9.84. The van der Waals surface area contributed by atoms with E-state index in [1.807, 2.05) is 6.07 Å². The van der Waals surface area contributed by atoms with Crippen LogP contribution in [-0.2, 0) is 9.59 Å². The molecule has 2 N–H and O–H groups in total. The first-order valence-electron chi connectivity index (χ1n) is 8.67. The van der Waals surface area contributed by atoms with Crippen LogP contribution in [-0.4, -0.2) is 45.6 Å². The topological polar surface area (TPSA) is 86.7 Å². The van der Waals surface area contributed by atoms with Gasteiger partial charge >= 0.3 is 5.97 Å². The summed E-state index contributed by atoms with van der Waals surface area (Å²) < 4.78 is 0. The fourth-order valence-corrected chi connectivity index (χ4v) is 5.13. The summed E-state index contributed by atoms with van der Waals surface area (Å²) in [5.41, 5.74) is 1.08. The molecule has 1 saturated carbocycles. The van der Waals surface area contributed by atoms with Crippen LogP contribution in [0.5, 0.6) is 0 Å². The van der Waals surface area contributed by atoms with Crippen LogP contribution in [0.4, 0.5) is 5.69 Å². The van der Waals surface area contributed by atoms with E-state index in [2.05, 4.69) is 5.32 Å². The molecule has 2 aliphatic heterocycles. The predicted octanol–water partition coefficient (Wildman–Crippen LogP) is 2.59. The van der Waals surface area contributed by atoms with E-state index in [1.54, 1.807) is 17.0 Å². The Bertz CT molecular complexity index is 751. The maximum Gasteiger partial charge on any atom is 0.326 e.